The van der Waals surface area contributed by atoms with Crippen LogP contribution in [0.3, 0.4) is 0 Å². The summed E-state index contributed by atoms with van der Waals surface area (Å²) in [5.41, 5.74) is 0.225. The molecule has 1 amide bonds. The van der Waals surface area contributed by atoms with Crippen LogP contribution < -0.4 is 10.9 Å². The van der Waals surface area contributed by atoms with Crippen LogP contribution in [0.15, 0.2) is 39.6 Å². The van der Waals surface area contributed by atoms with Gasteiger partial charge in [0.25, 0.3) is 11.5 Å². The third kappa shape index (κ3) is 3.16. The van der Waals surface area contributed by atoms with Crippen molar-refractivity contribution >= 4 is 50.2 Å². The van der Waals surface area contributed by atoms with Crippen molar-refractivity contribution in [2.45, 2.75) is 0 Å². The van der Waals surface area contributed by atoms with Crippen LogP contribution in [-0.4, -0.2) is 16.1 Å². The van der Waals surface area contributed by atoms with Crippen LogP contribution in [0.5, 0.6) is 0 Å². The van der Waals surface area contributed by atoms with Gasteiger partial charge >= 0.3 is 0 Å². The first kappa shape index (κ1) is 13.2. The van der Waals surface area contributed by atoms with Crippen molar-refractivity contribution in [1.29, 1.82) is 0 Å². The zero-order chi connectivity index (χ0) is 13.1. The van der Waals surface area contributed by atoms with E-state index in [1.807, 2.05) is 12.1 Å². The number of anilines is 1. The Morgan fingerprint density at radius 2 is 2.11 bits per heavy atom. The summed E-state index contributed by atoms with van der Waals surface area (Å²) < 4.78 is 1.65. The number of halogens is 2. The fourth-order valence-corrected chi connectivity index (χ4v) is 2.21. The SMILES string of the molecule is O=C(Nc1ccc(=O)[nH]n1)c1cc(Br)ccc1I. The number of carbonyl (C=O) groups is 1. The molecule has 1 aromatic heterocycles. The van der Waals surface area contributed by atoms with E-state index < -0.39 is 0 Å². The molecule has 0 saturated heterocycles. The van der Waals surface area contributed by atoms with Crippen molar-refractivity contribution in [3.05, 3.63) is 54.3 Å². The number of H-pyrrole nitrogens is 1. The molecule has 0 unspecified atom stereocenters. The Hall–Kier alpha value is -1.22. The molecule has 0 bridgehead atoms. The quantitative estimate of drug-likeness (QED) is 0.734. The van der Waals surface area contributed by atoms with E-state index in [-0.39, 0.29) is 11.5 Å². The van der Waals surface area contributed by atoms with Gasteiger partial charge in [-0.15, -0.1) is 0 Å². The highest BCUT2D eigenvalue weighted by Gasteiger charge is 2.11. The van der Waals surface area contributed by atoms with Gasteiger partial charge < -0.3 is 5.32 Å². The summed E-state index contributed by atoms with van der Waals surface area (Å²) in [6, 6.07) is 8.16. The molecule has 92 valence electrons. The second kappa shape index (κ2) is 5.61. The van der Waals surface area contributed by atoms with Crippen molar-refractivity contribution in [2.75, 3.05) is 5.32 Å². The summed E-state index contributed by atoms with van der Waals surface area (Å²) in [6.07, 6.45) is 0. The third-order valence-corrected chi connectivity index (χ3v) is 3.53. The maximum absolute atomic E-state index is 12.0. The van der Waals surface area contributed by atoms with Gasteiger partial charge in [0.15, 0.2) is 5.82 Å². The highest BCUT2D eigenvalue weighted by atomic mass is 127. The Morgan fingerprint density at radius 3 is 2.78 bits per heavy atom. The molecule has 0 saturated carbocycles. The fourth-order valence-electron chi connectivity index (χ4n) is 1.27. The summed E-state index contributed by atoms with van der Waals surface area (Å²) in [7, 11) is 0. The number of aromatic amines is 1. The Labute approximate surface area is 124 Å². The second-order valence-electron chi connectivity index (χ2n) is 3.38. The predicted molar refractivity (Wildman–Crippen MR) is 79.7 cm³/mol. The second-order valence-corrected chi connectivity index (χ2v) is 5.46. The van der Waals surface area contributed by atoms with Gasteiger partial charge in [0.1, 0.15) is 0 Å². The number of carbonyl (C=O) groups excluding carboxylic acids is 1. The number of rotatable bonds is 2. The molecule has 2 N–H and O–H groups in total. The predicted octanol–water partition coefficient (Wildman–Crippen LogP) is 2.39. The maximum atomic E-state index is 12.0. The molecule has 0 radical (unpaired) electrons. The van der Waals surface area contributed by atoms with E-state index in [1.165, 1.54) is 12.1 Å². The number of aromatic nitrogens is 2. The summed E-state index contributed by atoms with van der Waals surface area (Å²) >= 11 is 5.39. The van der Waals surface area contributed by atoms with Gasteiger partial charge in [-0.05, 0) is 46.9 Å². The molecule has 0 aliphatic rings. The van der Waals surface area contributed by atoms with Crippen molar-refractivity contribution < 1.29 is 4.79 Å². The standard InChI is InChI=1S/C11H7BrIN3O2/c12-6-1-2-8(13)7(5-6)11(18)14-9-3-4-10(17)16-15-9/h1-5H,(H,16,17)(H,14,15,18). The van der Waals surface area contributed by atoms with Crippen molar-refractivity contribution in [1.82, 2.24) is 10.2 Å². The lowest BCUT2D eigenvalue weighted by Gasteiger charge is -2.06. The van der Waals surface area contributed by atoms with Gasteiger partial charge in [-0.3, -0.25) is 9.59 Å². The first-order chi connectivity index (χ1) is 8.56. The first-order valence-electron chi connectivity index (χ1n) is 4.88. The van der Waals surface area contributed by atoms with Crippen LogP contribution in [-0.2, 0) is 0 Å². The van der Waals surface area contributed by atoms with Crippen LogP contribution in [0.4, 0.5) is 5.82 Å². The number of amides is 1. The van der Waals surface area contributed by atoms with E-state index in [1.54, 1.807) is 6.07 Å². The van der Waals surface area contributed by atoms with E-state index in [0.717, 1.165) is 8.04 Å². The maximum Gasteiger partial charge on any atom is 0.264 e. The summed E-state index contributed by atoms with van der Waals surface area (Å²) in [5.74, 6) is 0.0237. The van der Waals surface area contributed by atoms with Gasteiger partial charge in [-0.25, -0.2) is 5.10 Å². The molecule has 1 heterocycles. The molecule has 0 aliphatic heterocycles. The number of hydrogen-bond donors (Lipinski definition) is 2. The largest absolute Gasteiger partial charge is 0.305 e. The van der Waals surface area contributed by atoms with E-state index in [0.29, 0.717) is 11.4 Å². The molecule has 5 nitrogen and oxygen atoms in total. The number of nitrogens with zero attached hydrogens (tertiary/aromatic N) is 1. The number of nitrogens with one attached hydrogen (secondary N) is 2. The van der Waals surface area contributed by atoms with Crippen LogP contribution in [0.1, 0.15) is 10.4 Å². The van der Waals surface area contributed by atoms with E-state index in [9.17, 15) is 9.59 Å². The van der Waals surface area contributed by atoms with Crippen molar-refractivity contribution in [2.24, 2.45) is 0 Å². The summed E-state index contributed by atoms with van der Waals surface area (Å²) in [5, 5.41) is 8.57. The minimum absolute atomic E-state index is 0.278. The lowest BCUT2D eigenvalue weighted by atomic mass is 10.2. The Bertz CT molecular complexity index is 636. The molecule has 1 aromatic carbocycles. The lowest BCUT2D eigenvalue weighted by Crippen LogP contribution is -2.16. The van der Waals surface area contributed by atoms with Gasteiger partial charge in [0.05, 0.1) is 5.56 Å². The van der Waals surface area contributed by atoms with E-state index in [4.69, 9.17) is 0 Å². The minimum Gasteiger partial charge on any atom is -0.305 e. The molecule has 0 spiro atoms. The highest BCUT2D eigenvalue weighted by Crippen LogP contribution is 2.19. The Morgan fingerprint density at radius 1 is 1.33 bits per heavy atom. The average molecular weight is 420 g/mol. The Balaban J connectivity index is 2.24. The molecular formula is C11H7BrIN3O2. The molecule has 0 aliphatic carbocycles. The molecule has 18 heavy (non-hydrogen) atoms. The molecule has 2 rings (SSSR count). The number of benzene rings is 1. The van der Waals surface area contributed by atoms with Crippen molar-refractivity contribution in [3.63, 3.8) is 0 Å². The normalized spacial score (nSPS) is 10.1. The first-order valence-corrected chi connectivity index (χ1v) is 6.75. The minimum atomic E-state index is -0.315. The Kier molecular flexibility index (Phi) is 4.12. The zero-order valence-corrected chi connectivity index (χ0v) is 12.6. The van der Waals surface area contributed by atoms with Gasteiger partial charge in [0.2, 0.25) is 0 Å². The zero-order valence-electron chi connectivity index (χ0n) is 8.91. The molecule has 0 fully saturated rings. The van der Waals surface area contributed by atoms with Crippen LogP contribution in [0.2, 0.25) is 0 Å². The molecular weight excluding hydrogens is 413 g/mol. The van der Waals surface area contributed by atoms with E-state index >= 15 is 0 Å². The fraction of sp³-hybridized carbons (Fsp3) is 0. The van der Waals surface area contributed by atoms with E-state index in [2.05, 4.69) is 54.0 Å². The monoisotopic (exact) mass is 419 g/mol. The van der Waals surface area contributed by atoms with Gasteiger partial charge in [0, 0.05) is 14.1 Å². The topological polar surface area (TPSA) is 74.8 Å². The molecule has 7 heteroatoms. The summed E-state index contributed by atoms with van der Waals surface area (Å²) in [4.78, 5) is 22.8. The van der Waals surface area contributed by atoms with Gasteiger partial charge in [-0.1, -0.05) is 15.9 Å². The van der Waals surface area contributed by atoms with Gasteiger partial charge in [-0.2, -0.15) is 5.10 Å². The van der Waals surface area contributed by atoms with Crippen LogP contribution >= 0.6 is 38.5 Å². The third-order valence-electron chi connectivity index (χ3n) is 2.09. The lowest BCUT2D eigenvalue weighted by molar-refractivity contribution is 0.102. The smallest absolute Gasteiger partial charge is 0.264 e. The summed E-state index contributed by atoms with van der Waals surface area (Å²) in [6.45, 7) is 0. The molecule has 0 atom stereocenters. The molecule has 2 aromatic rings. The van der Waals surface area contributed by atoms with Crippen LogP contribution in [0, 0.1) is 3.57 Å². The van der Waals surface area contributed by atoms with Crippen LogP contribution in [0.25, 0.3) is 0 Å². The number of hydrogen-bond acceptors (Lipinski definition) is 3. The highest BCUT2D eigenvalue weighted by molar-refractivity contribution is 14.1. The average Bonchev–Trinajstić information content (AvgIpc) is 2.35. The van der Waals surface area contributed by atoms with Crippen molar-refractivity contribution in [3.8, 4) is 0 Å².